The van der Waals surface area contributed by atoms with Gasteiger partial charge in [0.25, 0.3) is 0 Å². The third kappa shape index (κ3) is 3.93. The minimum absolute atomic E-state index is 0.0163. The van der Waals surface area contributed by atoms with Crippen LogP contribution in [0.1, 0.15) is 25.7 Å². The summed E-state index contributed by atoms with van der Waals surface area (Å²) in [5, 5.41) is 0. The Morgan fingerprint density at radius 3 is 2.87 bits per heavy atom. The number of piperazine rings is 1. The van der Waals surface area contributed by atoms with Crippen molar-refractivity contribution in [2.45, 2.75) is 44.3 Å². The lowest BCUT2D eigenvalue weighted by molar-refractivity contribution is -0.142. The first-order valence-corrected chi connectivity index (χ1v) is 8.80. The number of nitrogens with zero attached hydrogens (tertiary/aromatic N) is 5. The monoisotopic (exact) mass is 319 g/mol. The summed E-state index contributed by atoms with van der Waals surface area (Å²) in [5.74, 6) is 0.328. The molecule has 128 valence electrons. The second-order valence-corrected chi connectivity index (χ2v) is 7.03. The van der Waals surface area contributed by atoms with E-state index in [-0.39, 0.29) is 6.04 Å². The van der Waals surface area contributed by atoms with Crippen LogP contribution in [0.3, 0.4) is 0 Å². The van der Waals surface area contributed by atoms with Gasteiger partial charge in [-0.1, -0.05) is 0 Å². The molecule has 0 aromatic carbocycles. The van der Waals surface area contributed by atoms with Gasteiger partial charge in [-0.3, -0.25) is 9.69 Å². The first-order valence-electron chi connectivity index (χ1n) is 8.80. The topological polar surface area (TPSA) is 44.6 Å². The molecule has 0 aliphatic carbocycles. The van der Waals surface area contributed by atoms with Crippen molar-refractivity contribution >= 4 is 5.91 Å². The van der Waals surface area contributed by atoms with Gasteiger partial charge >= 0.3 is 0 Å². The van der Waals surface area contributed by atoms with E-state index in [1.165, 1.54) is 6.42 Å². The largest absolute Gasteiger partial charge is 0.338 e. The molecule has 3 rings (SSSR count). The number of aryl methyl sites for hydroxylation is 1. The molecule has 2 unspecified atom stereocenters. The summed E-state index contributed by atoms with van der Waals surface area (Å²) in [7, 11) is 4.19. The molecule has 0 bridgehead atoms. The maximum atomic E-state index is 13.1. The number of likely N-dealkylation sites (tertiary alicyclic amines) is 1. The van der Waals surface area contributed by atoms with Crippen LogP contribution in [0.5, 0.6) is 0 Å². The van der Waals surface area contributed by atoms with Gasteiger partial charge in [-0.15, -0.1) is 0 Å². The molecular weight excluding hydrogens is 290 g/mol. The number of piperidine rings is 1. The van der Waals surface area contributed by atoms with Crippen molar-refractivity contribution in [2.24, 2.45) is 0 Å². The van der Waals surface area contributed by atoms with E-state index in [1.807, 2.05) is 18.7 Å². The van der Waals surface area contributed by atoms with Gasteiger partial charge in [0, 0.05) is 51.2 Å². The molecule has 23 heavy (non-hydrogen) atoms. The minimum atomic E-state index is 0.0163. The van der Waals surface area contributed by atoms with Crippen LogP contribution < -0.4 is 0 Å². The Morgan fingerprint density at radius 2 is 2.09 bits per heavy atom. The van der Waals surface area contributed by atoms with Gasteiger partial charge < -0.3 is 14.4 Å². The van der Waals surface area contributed by atoms with Crippen molar-refractivity contribution in [3.63, 3.8) is 0 Å². The fourth-order valence-corrected chi connectivity index (χ4v) is 3.78. The highest BCUT2D eigenvalue weighted by Crippen LogP contribution is 2.23. The molecule has 6 nitrogen and oxygen atoms in total. The van der Waals surface area contributed by atoms with Crippen molar-refractivity contribution in [2.75, 3.05) is 40.3 Å². The zero-order chi connectivity index (χ0) is 16.2. The number of carbonyl (C=O) groups is 1. The molecule has 3 heterocycles. The fraction of sp³-hybridized carbons (Fsp3) is 0.765. The van der Waals surface area contributed by atoms with Gasteiger partial charge in [0.05, 0.1) is 6.33 Å². The minimum Gasteiger partial charge on any atom is -0.338 e. The van der Waals surface area contributed by atoms with E-state index in [0.717, 1.165) is 52.0 Å². The second-order valence-electron chi connectivity index (χ2n) is 7.03. The maximum Gasteiger partial charge on any atom is 0.241 e. The van der Waals surface area contributed by atoms with Crippen LogP contribution in [0.2, 0.25) is 0 Å². The quantitative estimate of drug-likeness (QED) is 0.827. The number of amides is 1. The Hall–Kier alpha value is -1.40. The van der Waals surface area contributed by atoms with Crippen LogP contribution in [-0.4, -0.2) is 82.5 Å². The van der Waals surface area contributed by atoms with E-state index in [2.05, 4.69) is 38.3 Å². The molecule has 0 N–H and O–H groups in total. The highest BCUT2D eigenvalue weighted by Gasteiger charge is 2.35. The standard InChI is InChI=1S/C17H29N5O/c1-19-11-12-20(2)16(13-19)17(23)22-8-4-3-5-15(22)6-9-21-10-7-18-14-21/h7,10,14-16H,3-6,8-9,11-13H2,1-2H3. The molecular formula is C17H29N5O. The Morgan fingerprint density at radius 1 is 1.22 bits per heavy atom. The Kier molecular flexibility index (Phi) is 5.33. The van der Waals surface area contributed by atoms with E-state index in [0.29, 0.717) is 11.9 Å². The lowest BCUT2D eigenvalue weighted by Crippen LogP contribution is -2.59. The predicted octanol–water partition coefficient (Wildman–Crippen LogP) is 0.900. The van der Waals surface area contributed by atoms with Gasteiger partial charge in [0.1, 0.15) is 6.04 Å². The number of hydrogen-bond acceptors (Lipinski definition) is 4. The summed E-state index contributed by atoms with van der Waals surface area (Å²) in [6.07, 6.45) is 10.2. The van der Waals surface area contributed by atoms with Gasteiger partial charge in [0.15, 0.2) is 0 Å². The zero-order valence-corrected chi connectivity index (χ0v) is 14.4. The first-order chi connectivity index (χ1) is 11.1. The van der Waals surface area contributed by atoms with E-state index in [9.17, 15) is 4.79 Å². The maximum absolute atomic E-state index is 13.1. The number of imidazole rings is 1. The van der Waals surface area contributed by atoms with Gasteiger partial charge in [-0.25, -0.2) is 4.98 Å². The SMILES string of the molecule is CN1CCN(C)C(C(=O)N2CCCCC2CCn2ccnc2)C1. The van der Waals surface area contributed by atoms with Gasteiger partial charge in [-0.05, 0) is 39.8 Å². The lowest BCUT2D eigenvalue weighted by Gasteiger charge is -2.43. The summed E-state index contributed by atoms with van der Waals surface area (Å²) in [5.41, 5.74) is 0. The molecule has 1 aromatic rings. The van der Waals surface area contributed by atoms with E-state index in [1.54, 1.807) is 0 Å². The Labute approximate surface area is 139 Å². The fourth-order valence-electron chi connectivity index (χ4n) is 3.78. The first kappa shape index (κ1) is 16.5. The number of likely N-dealkylation sites (N-methyl/N-ethyl adjacent to an activating group) is 2. The Balaban J connectivity index is 1.63. The number of carbonyl (C=O) groups excluding carboxylic acids is 1. The zero-order valence-electron chi connectivity index (χ0n) is 14.4. The summed E-state index contributed by atoms with van der Waals surface area (Å²) < 4.78 is 2.11. The van der Waals surface area contributed by atoms with Crippen molar-refractivity contribution in [3.8, 4) is 0 Å². The average molecular weight is 319 g/mol. The smallest absolute Gasteiger partial charge is 0.241 e. The summed E-state index contributed by atoms with van der Waals surface area (Å²) in [4.78, 5) is 23.9. The molecule has 2 atom stereocenters. The second kappa shape index (κ2) is 7.45. The summed E-state index contributed by atoms with van der Waals surface area (Å²) in [6.45, 7) is 4.72. The molecule has 0 saturated carbocycles. The van der Waals surface area contributed by atoms with Crippen molar-refractivity contribution in [1.82, 2.24) is 24.3 Å². The van der Waals surface area contributed by atoms with Crippen molar-refractivity contribution < 1.29 is 4.79 Å². The van der Waals surface area contributed by atoms with Crippen LogP contribution in [0, 0.1) is 0 Å². The molecule has 1 aromatic heterocycles. The van der Waals surface area contributed by atoms with E-state index in [4.69, 9.17) is 0 Å². The van der Waals surface area contributed by atoms with E-state index >= 15 is 0 Å². The van der Waals surface area contributed by atoms with E-state index < -0.39 is 0 Å². The normalized spacial score (nSPS) is 27.3. The van der Waals surface area contributed by atoms with Gasteiger partial charge in [0.2, 0.25) is 5.91 Å². The molecule has 2 saturated heterocycles. The third-order valence-corrected chi connectivity index (χ3v) is 5.33. The van der Waals surface area contributed by atoms with Crippen LogP contribution in [0.4, 0.5) is 0 Å². The van der Waals surface area contributed by atoms with Crippen LogP contribution >= 0.6 is 0 Å². The summed E-state index contributed by atoms with van der Waals surface area (Å²) >= 11 is 0. The molecule has 6 heteroatoms. The molecule has 2 aliphatic rings. The number of hydrogen-bond donors (Lipinski definition) is 0. The molecule has 0 spiro atoms. The predicted molar refractivity (Wildman–Crippen MR) is 90.1 cm³/mol. The number of aromatic nitrogens is 2. The summed E-state index contributed by atoms with van der Waals surface area (Å²) in [6, 6.07) is 0.391. The lowest BCUT2D eigenvalue weighted by atomic mass is 9.97. The van der Waals surface area contributed by atoms with Crippen LogP contribution in [0.25, 0.3) is 0 Å². The molecule has 1 amide bonds. The van der Waals surface area contributed by atoms with Crippen LogP contribution in [-0.2, 0) is 11.3 Å². The molecule has 2 fully saturated rings. The number of rotatable bonds is 4. The highest BCUT2D eigenvalue weighted by molar-refractivity contribution is 5.82. The Bertz CT molecular complexity index is 503. The van der Waals surface area contributed by atoms with Crippen molar-refractivity contribution in [1.29, 1.82) is 0 Å². The average Bonchev–Trinajstić information content (AvgIpc) is 3.08. The molecule has 2 aliphatic heterocycles. The molecule has 0 radical (unpaired) electrons. The van der Waals surface area contributed by atoms with Crippen LogP contribution in [0.15, 0.2) is 18.7 Å². The highest BCUT2D eigenvalue weighted by atomic mass is 16.2. The van der Waals surface area contributed by atoms with Crippen molar-refractivity contribution in [3.05, 3.63) is 18.7 Å². The third-order valence-electron chi connectivity index (χ3n) is 5.33. The van der Waals surface area contributed by atoms with Gasteiger partial charge in [-0.2, -0.15) is 0 Å².